The molecule has 7 heteroatoms. The van der Waals surface area contributed by atoms with E-state index in [-0.39, 0.29) is 6.04 Å². The zero-order valence-electron chi connectivity index (χ0n) is 18.2. The quantitative estimate of drug-likeness (QED) is 0.432. The van der Waals surface area contributed by atoms with Gasteiger partial charge >= 0.3 is 0 Å². The highest BCUT2D eigenvalue weighted by atomic mass is 16.3. The van der Waals surface area contributed by atoms with Crippen molar-refractivity contribution in [3.05, 3.63) is 78.3 Å². The van der Waals surface area contributed by atoms with Crippen LogP contribution in [-0.4, -0.2) is 47.1 Å². The van der Waals surface area contributed by atoms with Crippen LogP contribution in [0.2, 0.25) is 0 Å². The normalized spacial score (nSPS) is 16.2. The average Bonchev–Trinajstić information content (AvgIpc) is 3.52. The molecule has 7 nitrogen and oxygen atoms in total. The minimum atomic E-state index is 0.215. The highest BCUT2D eigenvalue weighted by Crippen LogP contribution is 2.24. The van der Waals surface area contributed by atoms with E-state index in [1.165, 1.54) is 30.4 Å². The van der Waals surface area contributed by atoms with Crippen molar-refractivity contribution < 1.29 is 4.42 Å². The van der Waals surface area contributed by atoms with Crippen LogP contribution in [0, 0.1) is 0 Å². The maximum atomic E-state index is 5.75. The number of imidazole rings is 1. The molecule has 0 aliphatic carbocycles. The molecule has 1 aliphatic rings. The molecule has 31 heavy (non-hydrogen) atoms. The van der Waals surface area contributed by atoms with Crippen molar-refractivity contribution in [3.63, 3.8) is 0 Å². The molecule has 0 bridgehead atoms. The molecule has 2 N–H and O–H groups in total. The summed E-state index contributed by atoms with van der Waals surface area (Å²) in [5.41, 5.74) is 2.47. The fraction of sp³-hybridized carbons (Fsp3) is 0.417. The lowest BCUT2D eigenvalue weighted by Crippen LogP contribution is -2.44. The number of aliphatic imine (C=N–C) groups is 1. The van der Waals surface area contributed by atoms with Crippen LogP contribution in [0.4, 0.5) is 0 Å². The van der Waals surface area contributed by atoms with Crippen molar-refractivity contribution in [1.82, 2.24) is 25.1 Å². The van der Waals surface area contributed by atoms with Crippen molar-refractivity contribution in [2.24, 2.45) is 4.99 Å². The number of likely N-dealkylation sites (tertiary alicyclic amines) is 1. The third-order valence-corrected chi connectivity index (χ3v) is 5.77. The minimum Gasteiger partial charge on any atom is -0.468 e. The zero-order chi connectivity index (χ0) is 21.3. The van der Waals surface area contributed by atoms with E-state index in [2.05, 4.69) is 60.4 Å². The molecule has 1 saturated heterocycles. The molecule has 0 saturated carbocycles. The Morgan fingerprint density at radius 1 is 1.13 bits per heavy atom. The van der Waals surface area contributed by atoms with Crippen LogP contribution in [0.15, 0.2) is 70.8 Å². The highest BCUT2D eigenvalue weighted by molar-refractivity contribution is 5.79. The van der Waals surface area contributed by atoms with E-state index in [4.69, 9.17) is 4.42 Å². The standard InChI is InChI=1S/C24H32N6O/c1-25-24(27-16-20-7-5-8-21(15-20)18-29-13-10-26-19-29)28-17-22(23-9-6-14-31-23)30-11-3-2-4-12-30/h5-10,13-15,19,22H,2-4,11-12,16-18H2,1H3,(H2,25,27,28). The summed E-state index contributed by atoms with van der Waals surface area (Å²) in [4.78, 5) is 11.0. The maximum absolute atomic E-state index is 5.75. The molecule has 0 amide bonds. The van der Waals surface area contributed by atoms with Gasteiger partial charge in [-0.2, -0.15) is 0 Å². The predicted octanol–water partition coefficient (Wildman–Crippen LogP) is 3.42. The van der Waals surface area contributed by atoms with Gasteiger partial charge in [0.2, 0.25) is 0 Å². The van der Waals surface area contributed by atoms with E-state index in [1.54, 1.807) is 12.5 Å². The first-order valence-corrected chi connectivity index (χ1v) is 11.1. The van der Waals surface area contributed by atoms with Crippen LogP contribution in [0.5, 0.6) is 0 Å². The first-order chi connectivity index (χ1) is 15.3. The zero-order valence-corrected chi connectivity index (χ0v) is 18.2. The van der Waals surface area contributed by atoms with Crippen LogP contribution >= 0.6 is 0 Å². The van der Waals surface area contributed by atoms with E-state index in [0.29, 0.717) is 6.54 Å². The van der Waals surface area contributed by atoms with E-state index in [0.717, 1.165) is 37.9 Å². The van der Waals surface area contributed by atoms with Crippen LogP contribution < -0.4 is 10.6 Å². The lowest BCUT2D eigenvalue weighted by molar-refractivity contribution is 0.146. The Kier molecular flexibility index (Phi) is 7.39. The highest BCUT2D eigenvalue weighted by Gasteiger charge is 2.24. The Hall–Kier alpha value is -3.06. The van der Waals surface area contributed by atoms with Crippen molar-refractivity contribution in [1.29, 1.82) is 0 Å². The Morgan fingerprint density at radius 3 is 2.74 bits per heavy atom. The van der Waals surface area contributed by atoms with Gasteiger partial charge in [0.1, 0.15) is 5.76 Å². The molecule has 1 fully saturated rings. The molecule has 4 rings (SSSR count). The molecule has 164 valence electrons. The molecule has 1 atom stereocenters. The molecule has 1 unspecified atom stereocenters. The number of benzene rings is 1. The number of furan rings is 1. The second kappa shape index (κ2) is 10.8. The summed E-state index contributed by atoms with van der Waals surface area (Å²) in [5, 5.41) is 6.95. The molecular formula is C24H32N6O. The molecular weight excluding hydrogens is 388 g/mol. The van der Waals surface area contributed by atoms with Gasteiger partial charge in [0, 0.05) is 39.1 Å². The second-order valence-electron chi connectivity index (χ2n) is 7.99. The monoisotopic (exact) mass is 420 g/mol. The molecule has 3 aromatic rings. The summed E-state index contributed by atoms with van der Waals surface area (Å²) in [6.45, 7) is 4.52. The van der Waals surface area contributed by atoms with Gasteiger partial charge < -0.3 is 19.6 Å². The van der Waals surface area contributed by atoms with Crippen molar-refractivity contribution in [2.75, 3.05) is 26.7 Å². The Morgan fingerprint density at radius 2 is 2.00 bits per heavy atom. The molecule has 2 aromatic heterocycles. The third-order valence-electron chi connectivity index (χ3n) is 5.77. The fourth-order valence-corrected chi connectivity index (χ4v) is 4.15. The Balaban J connectivity index is 1.33. The van der Waals surface area contributed by atoms with Crippen LogP contribution in [0.25, 0.3) is 0 Å². The molecule has 1 aliphatic heterocycles. The predicted molar refractivity (Wildman–Crippen MR) is 123 cm³/mol. The van der Waals surface area contributed by atoms with Crippen LogP contribution in [-0.2, 0) is 13.1 Å². The van der Waals surface area contributed by atoms with E-state index in [9.17, 15) is 0 Å². The van der Waals surface area contributed by atoms with Crippen molar-refractivity contribution in [3.8, 4) is 0 Å². The summed E-state index contributed by atoms with van der Waals surface area (Å²) >= 11 is 0. The molecule has 3 heterocycles. The largest absolute Gasteiger partial charge is 0.468 e. The van der Waals surface area contributed by atoms with Crippen molar-refractivity contribution >= 4 is 5.96 Å². The second-order valence-corrected chi connectivity index (χ2v) is 7.99. The van der Waals surface area contributed by atoms with Gasteiger partial charge in [-0.3, -0.25) is 9.89 Å². The topological polar surface area (TPSA) is 70.6 Å². The van der Waals surface area contributed by atoms with E-state index in [1.807, 2.05) is 25.6 Å². The molecule has 1 aromatic carbocycles. The number of rotatable bonds is 8. The van der Waals surface area contributed by atoms with Gasteiger partial charge in [-0.15, -0.1) is 0 Å². The molecule has 0 spiro atoms. The van der Waals surface area contributed by atoms with Gasteiger partial charge in [0.15, 0.2) is 5.96 Å². The summed E-state index contributed by atoms with van der Waals surface area (Å²) in [5.74, 6) is 1.81. The minimum absolute atomic E-state index is 0.215. The van der Waals surface area contributed by atoms with Crippen LogP contribution in [0.1, 0.15) is 42.2 Å². The fourth-order valence-electron chi connectivity index (χ4n) is 4.15. The number of hydrogen-bond donors (Lipinski definition) is 2. The lowest BCUT2D eigenvalue weighted by atomic mass is 10.1. The van der Waals surface area contributed by atoms with Crippen molar-refractivity contribution in [2.45, 2.75) is 38.4 Å². The number of hydrogen-bond acceptors (Lipinski definition) is 4. The Bertz CT molecular complexity index is 929. The van der Waals surface area contributed by atoms with Gasteiger partial charge in [-0.25, -0.2) is 4.98 Å². The van der Waals surface area contributed by atoms with Gasteiger partial charge in [0.25, 0.3) is 0 Å². The summed E-state index contributed by atoms with van der Waals surface area (Å²) in [6.07, 6.45) is 11.2. The SMILES string of the molecule is CN=C(NCc1cccc(Cn2ccnc2)c1)NCC(c1ccco1)N1CCCCC1. The number of aromatic nitrogens is 2. The Labute approximate surface area is 184 Å². The van der Waals surface area contributed by atoms with E-state index < -0.39 is 0 Å². The number of guanidine groups is 1. The maximum Gasteiger partial charge on any atom is 0.191 e. The number of nitrogens with one attached hydrogen (secondary N) is 2. The van der Waals surface area contributed by atoms with Gasteiger partial charge in [-0.05, 0) is 49.2 Å². The summed E-state index contributed by atoms with van der Waals surface area (Å²) in [7, 11) is 1.81. The number of piperidine rings is 1. The molecule has 0 radical (unpaired) electrons. The third kappa shape index (κ3) is 5.98. The smallest absolute Gasteiger partial charge is 0.191 e. The average molecular weight is 421 g/mol. The van der Waals surface area contributed by atoms with Gasteiger partial charge in [-0.1, -0.05) is 30.7 Å². The van der Waals surface area contributed by atoms with Gasteiger partial charge in [0.05, 0.1) is 18.6 Å². The first-order valence-electron chi connectivity index (χ1n) is 11.1. The lowest BCUT2D eigenvalue weighted by Gasteiger charge is -2.33. The summed E-state index contributed by atoms with van der Waals surface area (Å²) in [6, 6.07) is 12.9. The first kappa shape index (κ1) is 21.2. The number of nitrogens with zero attached hydrogens (tertiary/aromatic N) is 4. The van der Waals surface area contributed by atoms with Crippen LogP contribution in [0.3, 0.4) is 0 Å². The van der Waals surface area contributed by atoms with E-state index >= 15 is 0 Å². The summed E-state index contributed by atoms with van der Waals surface area (Å²) < 4.78 is 7.82.